The largest absolute Gasteiger partial charge is 0.256 e. The van der Waals surface area contributed by atoms with Gasteiger partial charge in [0, 0.05) is 17.1 Å². The third kappa shape index (κ3) is 2.17. The number of hydrogen-bond donors (Lipinski definition) is 1. The van der Waals surface area contributed by atoms with Crippen molar-refractivity contribution in [3.63, 3.8) is 0 Å². The Morgan fingerprint density at radius 3 is 2.65 bits per heavy atom. The lowest BCUT2D eigenvalue weighted by atomic mass is 9.91. The molecular formula is C18H15N5. The molecule has 0 saturated carbocycles. The maximum absolute atomic E-state index is 4.45. The maximum Gasteiger partial charge on any atom is 0.205 e. The first-order valence-corrected chi connectivity index (χ1v) is 7.44. The van der Waals surface area contributed by atoms with Crippen LogP contribution in [0.2, 0.25) is 0 Å². The van der Waals surface area contributed by atoms with Crippen molar-refractivity contribution in [2.45, 2.75) is 13.8 Å². The molecule has 0 fully saturated rings. The molecule has 4 aromatic rings. The molecule has 5 heteroatoms. The highest BCUT2D eigenvalue weighted by molar-refractivity contribution is 5.98. The number of benzene rings is 2. The van der Waals surface area contributed by atoms with E-state index in [9.17, 15) is 0 Å². The molecular weight excluding hydrogens is 286 g/mol. The van der Waals surface area contributed by atoms with E-state index >= 15 is 0 Å². The average molecular weight is 301 g/mol. The van der Waals surface area contributed by atoms with Gasteiger partial charge in [0.15, 0.2) is 0 Å². The molecule has 23 heavy (non-hydrogen) atoms. The van der Waals surface area contributed by atoms with E-state index in [1.54, 1.807) is 0 Å². The maximum atomic E-state index is 4.45. The fraction of sp³-hybridized carbons (Fsp3) is 0.111. The Morgan fingerprint density at radius 2 is 1.83 bits per heavy atom. The molecule has 0 aliphatic rings. The number of fused-ring (bicyclic) bond motifs is 1. The first-order chi connectivity index (χ1) is 11.3. The van der Waals surface area contributed by atoms with Gasteiger partial charge in [0.05, 0.1) is 5.52 Å². The summed E-state index contributed by atoms with van der Waals surface area (Å²) in [5.74, 6) is 0.613. The molecule has 4 rings (SSSR count). The zero-order valence-electron chi connectivity index (χ0n) is 12.9. The lowest BCUT2D eigenvalue weighted by Gasteiger charge is -2.14. The molecule has 5 nitrogen and oxygen atoms in total. The van der Waals surface area contributed by atoms with Crippen LogP contribution >= 0.6 is 0 Å². The Hall–Kier alpha value is -3.08. The Labute approximate surface area is 133 Å². The molecule has 0 amide bonds. The summed E-state index contributed by atoms with van der Waals surface area (Å²) < 4.78 is 0. The Kier molecular flexibility index (Phi) is 3.12. The van der Waals surface area contributed by atoms with Crippen LogP contribution in [0.5, 0.6) is 0 Å². The van der Waals surface area contributed by atoms with Crippen molar-refractivity contribution in [1.82, 2.24) is 25.6 Å². The number of nitrogens with zero attached hydrogens (tertiary/aromatic N) is 4. The summed E-state index contributed by atoms with van der Waals surface area (Å²) in [4.78, 5) is 4.45. The van der Waals surface area contributed by atoms with Gasteiger partial charge in [0.1, 0.15) is 0 Å². The summed E-state index contributed by atoms with van der Waals surface area (Å²) in [6, 6.07) is 14.5. The Morgan fingerprint density at radius 1 is 0.913 bits per heavy atom. The molecule has 2 heterocycles. The third-order valence-corrected chi connectivity index (χ3v) is 4.24. The number of tetrazole rings is 1. The Bertz CT molecular complexity index is 984. The minimum Gasteiger partial charge on any atom is -0.256 e. The fourth-order valence-corrected chi connectivity index (χ4v) is 2.93. The van der Waals surface area contributed by atoms with E-state index in [0.29, 0.717) is 5.82 Å². The van der Waals surface area contributed by atoms with Crippen molar-refractivity contribution in [3.8, 4) is 22.5 Å². The first kappa shape index (κ1) is 13.6. The van der Waals surface area contributed by atoms with Crippen molar-refractivity contribution < 1.29 is 0 Å². The molecule has 0 unspecified atom stereocenters. The van der Waals surface area contributed by atoms with Gasteiger partial charge in [-0.15, -0.1) is 10.2 Å². The van der Waals surface area contributed by atoms with Crippen LogP contribution in [0.3, 0.4) is 0 Å². The van der Waals surface area contributed by atoms with Crippen LogP contribution in [0.15, 0.2) is 48.7 Å². The van der Waals surface area contributed by atoms with Crippen molar-refractivity contribution in [1.29, 1.82) is 0 Å². The normalized spacial score (nSPS) is 11.0. The fourth-order valence-electron chi connectivity index (χ4n) is 2.93. The molecule has 0 aliphatic carbocycles. The molecule has 0 saturated heterocycles. The van der Waals surface area contributed by atoms with Crippen molar-refractivity contribution in [2.24, 2.45) is 0 Å². The Balaban J connectivity index is 2.08. The second kappa shape index (κ2) is 5.28. The topological polar surface area (TPSA) is 67.3 Å². The SMILES string of the molecule is Cc1ccc(-c2cccc3ncccc23)c(-c2nn[nH]n2)c1C. The predicted octanol–water partition coefficient (Wildman–Crippen LogP) is 3.70. The van der Waals surface area contributed by atoms with Gasteiger partial charge < -0.3 is 0 Å². The highest BCUT2D eigenvalue weighted by atomic mass is 15.5. The summed E-state index contributed by atoms with van der Waals surface area (Å²) >= 11 is 0. The van der Waals surface area contributed by atoms with Crippen LogP contribution in [-0.4, -0.2) is 25.6 Å². The van der Waals surface area contributed by atoms with Crippen LogP contribution < -0.4 is 0 Å². The smallest absolute Gasteiger partial charge is 0.205 e. The van der Waals surface area contributed by atoms with Crippen LogP contribution in [0.1, 0.15) is 11.1 Å². The molecule has 2 aromatic carbocycles. The van der Waals surface area contributed by atoms with Gasteiger partial charge in [-0.3, -0.25) is 4.98 Å². The van der Waals surface area contributed by atoms with Gasteiger partial charge >= 0.3 is 0 Å². The molecule has 0 aliphatic heterocycles. The van der Waals surface area contributed by atoms with E-state index in [0.717, 1.165) is 33.2 Å². The first-order valence-electron chi connectivity index (χ1n) is 7.44. The summed E-state index contributed by atoms with van der Waals surface area (Å²) in [5.41, 5.74) is 6.56. The monoisotopic (exact) mass is 301 g/mol. The van der Waals surface area contributed by atoms with E-state index in [2.05, 4.69) is 63.7 Å². The highest BCUT2D eigenvalue weighted by Crippen LogP contribution is 2.37. The van der Waals surface area contributed by atoms with Gasteiger partial charge in [-0.1, -0.05) is 30.3 Å². The number of H-pyrrole nitrogens is 1. The molecule has 0 spiro atoms. The summed E-state index contributed by atoms with van der Waals surface area (Å²) in [6.45, 7) is 4.18. The number of hydrogen-bond acceptors (Lipinski definition) is 4. The molecule has 0 radical (unpaired) electrons. The zero-order valence-corrected chi connectivity index (χ0v) is 12.9. The number of rotatable bonds is 2. The van der Waals surface area contributed by atoms with Gasteiger partial charge in [0.25, 0.3) is 0 Å². The van der Waals surface area contributed by atoms with Gasteiger partial charge in [-0.05, 0) is 53.4 Å². The molecule has 112 valence electrons. The number of nitrogens with one attached hydrogen (secondary N) is 1. The van der Waals surface area contributed by atoms with Crippen LogP contribution in [0.25, 0.3) is 33.4 Å². The van der Waals surface area contributed by atoms with Gasteiger partial charge in [-0.25, -0.2) is 0 Å². The van der Waals surface area contributed by atoms with E-state index in [4.69, 9.17) is 0 Å². The molecule has 0 atom stereocenters. The van der Waals surface area contributed by atoms with E-state index < -0.39 is 0 Å². The van der Waals surface area contributed by atoms with E-state index in [1.165, 1.54) is 5.56 Å². The van der Waals surface area contributed by atoms with Crippen molar-refractivity contribution >= 4 is 10.9 Å². The summed E-state index contributed by atoms with van der Waals surface area (Å²) in [7, 11) is 0. The van der Waals surface area contributed by atoms with E-state index in [1.807, 2.05) is 24.4 Å². The molecule has 2 aromatic heterocycles. The standard InChI is InChI=1S/C18H15N5/c1-11-8-9-15(17(12(11)2)18-20-22-23-21-18)13-5-3-7-16-14(13)6-4-10-19-16/h3-10H,1-2H3,(H,20,21,22,23). The van der Waals surface area contributed by atoms with Gasteiger partial charge in [0.2, 0.25) is 5.82 Å². The van der Waals surface area contributed by atoms with Crippen LogP contribution in [0.4, 0.5) is 0 Å². The number of aryl methyl sites for hydroxylation is 1. The third-order valence-electron chi connectivity index (χ3n) is 4.24. The minimum absolute atomic E-state index is 0.613. The van der Waals surface area contributed by atoms with Gasteiger partial charge in [-0.2, -0.15) is 5.21 Å². The minimum atomic E-state index is 0.613. The van der Waals surface area contributed by atoms with Crippen molar-refractivity contribution in [2.75, 3.05) is 0 Å². The number of pyridine rings is 1. The zero-order chi connectivity index (χ0) is 15.8. The average Bonchev–Trinajstić information content (AvgIpc) is 3.11. The number of aromatic amines is 1. The van der Waals surface area contributed by atoms with E-state index in [-0.39, 0.29) is 0 Å². The predicted molar refractivity (Wildman–Crippen MR) is 89.8 cm³/mol. The summed E-state index contributed by atoms with van der Waals surface area (Å²) in [5, 5.41) is 15.8. The van der Waals surface area contributed by atoms with Crippen LogP contribution in [-0.2, 0) is 0 Å². The quantitative estimate of drug-likeness (QED) is 0.613. The molecule has 0 bridgehead atoms. The highest BCUT2D eigenvalue weighted by Gasteiger charge is 2.17. The second-order valence-electron chi connectivity index (χ2n) is 5.54. The van der Waals surface area contributed by atoms with Crippen molar-refractivity contribution in [3.05, 3.63) is 59.8 Å². The lowest BCUT2D eigenvalue weighted by molar-refractivity contribution is 0.881. The second-order valence-corrected chi connectivity index (χ2v) is 5.54. The summed E-state index contributed by atoms with van der Waals surface area (Å²) in [6.07, 6.45) is 1.81. The molecule has 1 N–H and O–H groups in total. The van der Waals surface area contributed by atoms with Crippen LogP contribution in [0, 0.1) is 13.8 Å². The number of aromatic nitrogens is 5. The lowest BCUT2D eigenvalue weighted by Crippen LogP contribution is -1.95.